The molecule has 0 aliphatic heterocycles. The van der Waals surface area contributed by atoms with Gasteiger partial charge in [0.15, 0.2) is 0 Å². The maximum Gasteiger partial charge on any atom is 0.146 e. The van der Waals surface area contributed by atoms with Crippen LogP contribution in [0.25, 0.3) is 11.0 Å². The molecule has 0 saturated carbocycles. The van der Waals surface area contributed by atoms with Gasteiger partial charge in [0, 0.05) is 18.4 Å². The van der Waals surface area contributed by atoms with Crippen molar-refractivity contribution in [1.29, 1.82) is 0 Å². The fourth-order valence-corrected chi connectivity index (χ4v) is 2.83. The average Bonchev–Trinajstić information content (AvgIpc) is 2.82. The van der Waals surface area contributed by atoms with Crippen LogP contribution < -0.4 is 5.32 Å². The normalized spacial score (nSPS) is 11.1. The van der Waals surface area contributed by atoms with Gasteiger partial charge in [0.2, 0.25) is 0 Å². The van der Waals surface area contributed by atoms with Crippen molar-refractivity contribution in [3.05, 3.63) is 47.7 Å². The minimum absolute atomic E-state index is 0.725. The summed E-state index contributed by atoms with van der Waals surface area (Å²) in [4.78, 5) is 13.4. The molecule has 3 aromatic rings. The van der Waals surface area contributed by atoms with Crippen LogP contribution in [0.15, 0.2) is 30.7 Å². The minimum Gasteiger partial charge on any atom is -0.369 e. The Hall–Kier alpha value is -2.43. The highest BCUT2D eigenvalue weighted by Crippen LogP contribution is 2.29. The van der Waals surface area contributed by atoms with Crippen molar-refractivity contribution in [2.75, 3.05) is 11.9 Å². The fourth-order valence-electron chi connectivity index (χ4n) is 2.83. The number of anilines is 1. The van der Waals surface area contributed by atoms with Crippen molar-refractivity contribution in [3.63, 3.8) is 0 Å². The van der Waals surface area contributed by atoms with Crippen LogP contribution >= 0.6 is 0 Å². The topological polar surface area (TPSA) is 55.6 Å². The third-order valence-electron chi connectivity index (χ3n) is 4.27. The molecule has 0 radical (unpaired) electrons. The molecule has 5 heteroatoms. The van der Waals surface area contributed by atoms with Gasteiger partial charge in [-0.1, -0.05) is 19.4 Å². The maximum absolute atomic E-state index is 4.53. The van der Waals surface area contributed by atoms with E-state index in [4.69, 9.17) is 0 Å². The predicted molar refractivity (Wildman–Crippen MR) is 93.7 cm³/mol. The summed E-state index contributed by atoms with van der Waals surface area (Å²) in [6.07, 6.45) is 5.78. The zero-order chi connectivity index (χ0) is 16.2. The van der Waals surface area contributed by atoms with Gasteiger partial charge in [0.05, 0.1) is 17.6 Å². The number of hydrogen-bond donors (Lipinski definition) is 1. The molecule has 0 saturated heterocycles. The van der Waals surface area contributed by atoms with Gasteiger partial charge in [-0.25, -0.2) is 9.97 Å². The van der Waals surface area contributed by atoms with Crippen LogP contribution in [0.4, 0.5) is 5.82 Å². The second kappa shape index (κ2) is 6.77. The van der Waals surface area contributed by atoms with Crippen molar-refractivity contribution in [1.82, 2.24) is 19.5 Å². The van der Waals surface area contributed by atoms with Gasteiger partial charge >= 0.3 is 0 Å². The first-order valence-electron chi connectivity index (χ1n) is 8.16. The van der Waals surface area contributed by atoms with Crippen molar-refractivity contribution < 1.29 is 0 Å². The van der Waals surface area contributed by atoms with Crippen molar-refractivity contribution in [2.24, 2.45) is 0 Å². The zero-order valence-corrected chi connectivity index (χ0v) is 14.0. The molecule has 0 aliphatic carbocycles. The van der Waals surface area contributed by atoms with E-state index in [0.717, 1.165) is 42.1 Å². The molecule has 0 bridgehead atoms. The highest BCUT2D eigenvalue weighted by Gasteiger charge is 2.16. The van der Waals surface area contributed by atoms with Crippen LogP contribution in [0.5, 0.6) is 0 Å². The van der Waals surface area contributed by atoms with Crippen LogP contribution in [0, 0.1) is 13.8 Å². The van der Waals surface area contributed by atoms with E-state index >= 15 is 0 Å². The number of hydrogen-bond acceptors (Lipinski definition) is 4. The van der Waals surface area contributed by atoms with Crippen molar-refractivity contribution in [3.8, 4) is 0 Å². The molecule has 3 rings (SSSR count). The Morgan fingerprint density at radius 2 is 2.00 bits per heavy atom. The first kappa shape index (κ1) is 15.5. The Morgan fingerprint density at radius 1 is 1.13 bits per heavy atom. The number of rotatable bonds is 6. The van der Waals surface area contributed by atoms with Crippen LogP contribution in [-0.2, 0) is 6.54 Å². The molecular weight excluding hydrogens is 286 g/mol. The minimum atomic E-state index is 0.725. The van der Waals surface area contributed by atoms with Gasteiger partial charge < -0.3 is 9.88 Å². The molecule has 0 spiro atoms. The largest absolute Gasteiger partial charge is 0.369 e. The van der Waals surface area contributed by atoms with E-state index in [9.17, 15) is 0 Å². The number of pyridine rings is 1. The SMILES string of the molecule is CCCCNc1ncnc2c1c(C)c(C)n2Cc1ccccn1. The molecule has 0 amide bonds. The second-order valence-electron chi connectivity index (χ2n) is 5.82. The van der Waals surface area contributed by atoms with Gasteiger partial charge in [-0.2, -0.15) is 0 Å². The zero-order valence-electron chi connectivity index (χ0n) is 14.0. The van der Waals surface area contributed by atoms with Gasteiger partial charge in [0.25, 0.3) is 0 Å². The summed E-state index contributed by atoms with van der Waals surface area (Å²) < 4.78 is 2.22. The van der Waals surface area contributed by atoms with E-state index in [-0.39, 0.29) is 0 Å². The molecule has 0 aliphatic rings. The summed E-state index contributed by atoms with van der Waals surface area (Å²) in [5.74, 6) is 0.934. The molecule has 0 fully saturated rings. The highest BCUT2D eigenvalue weighted by atomic mass is 15.1. The molecule has 0 atom stereocenters. The summed E-state index contributed by atoms with van der Waals surface area (Å²) >= 11 is 0. The van der Waals surface area contributed by atoms with E-state index in [0.29, 0.717) is 0 Å². The Balaban J connectivity index is 2.02. The summed E-state index contributed by atoms with van der Waals surface area (Å²) in [5.41, 5.74) is 4.45. The van der Waals surface area contributed by atoms with Crippen LogP contribution in [-0.4, -0.2) is 26.1 Å². The molecule has 23 heavy (non-hydrogen) atoms. The molecule has 0 aromatic carbocycles. The maximum atomic E-state index is 4.53. The first-order valence-corrected chi connectivity index (χ1v) is 8.16. The van der Waals surface area contributed by atoms with Crippen molar-refractivity contribution in [2.45, 2.75) is 40.2 Å². The van der Waals surface area contributed by atoms with Crippen LogP contribution in [0.2, 0.25) is 0 Å². The van der Waals surface area contributed by atoms with E-state index in [2.05, 4.69) is 45.6 Å². The standard InChI is InChI=1S/C18H23N5/c1-4-5-9-20-17-16-13(2)14(3)23(18(16)22-12-21-17)11-15-8-6-7-10-19-15/h6-8,10,12H,4-5,9,11H2,1-3H3,(H,20,21,22). The highest BCUT2D eigenvalue weighted by molar-refractivity contribution is 5.91. The van der Waals surface area contributed by atoms with Crippen molar-refractivity contribution >= 4 is 16.9 Å². The number of aryl methyl sites for hydroxylation is 1. The fraction of sp³-hybridized carbons (Fsp3) is 0.389. The van der Waals surface area contributed by atoms with E-state index in [1.54, 1.807) is 6.33 Å². The van der Waals surface area contributed by atoms with Crippen LogP contribution in [0.1, 0.15) is 36.7 Å². The molecule has 5 nitrogen and oxygen atoms in total. The van der Waals surface area contributed by atoms with E-state index in [1.807, 2.05) is 24.4 Å². The van der Waals surface area contributed by atoms with Gasteiger partial charge in [0.1, 0.15) is 17.8 Å². The van der Waals surface area contributed by atoms with Gasteiger partial charge in [-0.05, 0) is 38.0 Å². The summed E-state index contributed by atoms with van der Waals surface area (Å²) in [7, 11) is 0. The summed E-state index contributed by atoms with van der Waals surface area (Å²) in [6, 6.07) is 6.00. The Morgan fingerprint density at radius 3 is 2.74 bits per heavy atom. The summed E-state index contributed by atoms with van der Waals surface area (Å²) in [6.45, 7) is 8.13. The third kappa shape index (κ3) is 3.04. The molecule has 3 aromatic heterocycles. The second-order valence-corrected chi connectivity index (χ2v) is 5.82. The van der Waals surface area contributed by atoms with E-state index in [1.165, 1.54) is 17.7 Å². The van der Waals surface area contributed by atoms with Gasteiger partial charge in [-0.3, -0.25) is 4.98 Å². The number of aromatic nitrogens is 4. The molecule has 3 heterocycles. The number of unbranched alkanes of at least 4 members (excludes halogenated alkanes) is 1. The number of fused-ring (bicyclic) bond motifs is 1. The molecule has 1 N–H and O–H groups in total. The summed E-state index contributed by atoms with van der Waals surface area (Å²) in [5, 5.41) is 4.58. The lowest BCUT2D eigenvalue weighted by atomic mass is 10.2. The lowest BCUT2D eigenvalue weighted by molar-refractivity contribution is 0.767. The third-order valence-corrected chi connectivity index (χ3v) is 4.27. The van der Waals surface area contributed by atoms with Gasteiger partial charge in [-0.15, -0.1) is 0 Å². The monoisotopic (exact) mass is 309 g/mol. The van der Waals surface area contributed by atoms with Crippen LogP contribution in [0.3, 0.4) is 0 Å². The Kier molecular flexibility index (Phi) is 4.55. The lowest BCUT2D eigenvalue weighted by Gasteiger charge is -2.08. The Bertz CT molecular complexity index is 792. The lowest BCUT2D eigenvalue weighted by Crippen LogP contribution is -2.06. The number of nitrogens with one attached hydrogen (secondary N) is 1. The number of nitrogens with zero attached hydrogens (tertiary/aromatic N) is 4. The average molecular weight is 309 g/mol. The molecular formula is C18H23N5. The Labute approximate surface area is 136 Å². The predicted octanol–water partition coefficient (Wildman–Crippen LogP) is 3.70. The first-order chi connectivity index (χ1) is 11.2. The van der Waals surface area contributed by atoms with E-state index < -0.39 is 0 Å². The smallest absolute Gasteiger partial charge is 0.146 e. The quantitative estimate of drug-likeness (QED) is 0.705. The molecule has 0 unspecified atom stereocenters. The molecule has 120 valence electrons.